The van der Waals surface area contributed by atoms with Crippen molar-refractivity contribution in [2.75, 3.05) is 19.2 Å². The van der Waals surface area contributed by atoms with E-state index in [4.69, 9.17) is 9.47 Å². The Bertz CT molecular complexity index is 815. The van der Waals surface area contributed by atoms with E-state index in [-0.39, 0.29) is 5.57 Å². The standard InChI is InChI=1S/C18H16N2O4/c1-23-15-10-6-7-12(16(15)24-2)11-14-17(21)19-20(18(14)22)13-8-4-3-5-9-13/h3-11H,1-2H3,(H,19,21). The molecule has 1 N–H and O–H groups in total. The summed E-state index contributed by atoms with van der Waals surface area (Å²) < 4.78 is 10.6. The second-order valence-corrected chi connectivity index (χ2v) is 5.06. The maximum Gasteiger partial charge on any atom is 0.282 e. The van der Waals surface area contributed by atoms with Crippen molar-refractivity contribution < 1.29 is 19.1 Å². The summed E-state index contributed by atoms with van der Waals surface area (Å²) >= 11 is 0. The number of rotatable bonds is 4. The van der Waals surface area contributed by atoms with Gasteiger partial charge in [0.05, 0.1) is 19.9 Å². The number of hydrazine groups is 1. The maximum absolute atomic E-state index is 12.6. The molecule has 0 spiro atoms. The molecule has 3 rings (SSSR count). The van der Waals surface area contributed by atoms with E-state index in [0.29, 0.717) is 22.7 Å². The van der Waals surface area contributed by atoms with Crippen LogP contribution in [0.25, 0.3) is 6.08 Å². The van der Waals surface area contributed by atoms with Crippen LogP contribution in [0, 0.1) is 0 Å². The van der Waals surface area contributed by atoms with Gasteiger partial charge in [0.25, 0.3) is 11.8 Å². The summed E-state index contributed by atoms with van der Waals surface area (Å²) in [6, 6.07) is 14.2. The van der Waals surface area contributed by atoms with Gasteiger partial charge in [-0.3, -0.25) is 15.0 Å². The zero-order valence-electron chi connectivity index (χ0n) is 13.3. The molecule has 2 amide bonds. The van der Waals surface area contributed by atoms with E-state index in [2.05, 4.69) is 5.43 Å². The summed E-state index contributed by atoms with van der Waals surface area (Å²) in [5.74, 6) is 0.105. The van der Waals surface area contributed by atoms with E-state index in [9.17, 15) is 9.59 Å². The van der Waals surface area contributed by atoms with Crippen LogP contribution in [0.3, 0.4) is 0 Å². The van der Waals surface area contributed by atoms with Crippen LogP contribution in [0.1, 0.15) is 5.56 Å². The smallest absolute Gasteiger partial charge is 0.282 e. The minimum absolute atomic E-state index is 0.0328. The normalized spacial score (nSPS) is 15.6. The van der Waals surface area contributed by atoms with Crippen LogP contribution in [0.4, 0.5) is 5.69 Å². The quantitative estimate of drug-likeness (QED) is 0.691. The topological polar surface area (TPSA) is 67.9 Å². The van der Waals surface area contributed by atoms with Gasteiger partial charge in [0.15, 0.2) is 11.5 Å². The highest BCUT2D eigenvalue weighted by molar-refractivity contribution is 6.31. The lowest BCUT2D eigenvalue weighted by molar-refractivity contribution is -0.117. The van der Waals surface area contributed by atoms with Gasteiger partial charge in [-0.2, -0.15) is 0 Å². The van der Waals surface area contributed by atoms with E-state index in [1.54, 1.807) is 42.5 Å². The number of benzene rings is 2. The zero-order chi connectivity index (χ0) is 17.1. The molecule has 0 saturated carbocycles. The SMILES string of the molecule is COc1cccc(C=C2C(=O)NN(c3ccccc3)C2=O)c1OC. The van der Waals surface area contributed by atoms with Crippen molar-refractivity contribution in [3.05, 3.63) is 59.7 Å². The van der Waals surface area contributed by atoms with E-state index in [0.717, 1.165) is 0 Å². The van der Waals surface area contributed by atoms with Gasteiger partial charge in [0.2, 0.25) is 0 Å². The molecular formula is C18H16N2O4. The average molecular weight is 324 g/mol. The van der Waals surface area contributed by atoms with Gasteiger partial charge >= 0.3 is 0 Å². The summed E-state index contributed by atoms with van der Waals surface area (Å²) in [5.41, 5.74) is 3.78. The van der Waals surface area contributed by atoms with E-state index in [1.165, 1.54) is 25.3 Å². The molecule has 0 aliphatic carbocycles. The molecule has 1 saturated heterocycles. The van der Waals surface area contributed by atoms with Crippen LogP contribution < -0.4 is 19.9 Å². The summed E-state index contributed by atoms with van der Waals surface area (Å²) in [4.78, 5) is 24.8. The molecule has 1 aliphatic rings. The van der Waals surface area contributed by atoms with Gasteiger partial charge in [0.1, 0.15) is 5.57 Å². The fourth-order valence-corrected chi connectivity index (χ4v) is 2.50. The lowest BCUT2D eigenvalue weighted by atomic mass is 10.1. The Kier molecular flexibility index (Phi) is 4.20. The van der Waals surface area contributed by atoms with Crippen molar-refractivity contribution in [3.63, 3.8) is 0 Å². The predicted molar refractivity (Wildman–Crippen MR) is 89.6 cm³/mol. The fourth-order valence-electron chi connectivity index (χ4n) is 2.50. The van der Waals surface area contributed by atoms with Crippen molar-refractivity contribution in [1.29, 1.82) is 0 Å². The van der Waals surface area contributed by atoms with Crippen LogP contribution >= 0.6 is 0 Å². The number of hydrogen-bond acceptors (Lipinski definition) is 4. The molecule has 0 atom stereocenters. The summed E-state index contributed by atoms with van der Waals surface area (Å²) in [6.07, 6.45) is 1.50. The third kappa shape index (κ3) is 2.69. The molecule has 0 unspecified atom stereocenters. The van der Waals surface area contributed by atoms with Crippen molar-refractivity contribution in [2.24, 2.45) is 0 Å². The molecule has 2 aromatic rings. The van der Waals surface area contributed by atoms with E-state index < -0.39 is 11.8 Å². The minimum Gasteiger partial charge on any atom is -0.493 e. The van der Waals surface area contributed by atoms with Crippen LogP contribution in [0.5, 0.6) is 11.5 Å². The van der Waals surface area contributed by atoms with Crippen LogP contribution in [0.2, 0.25) is 0 Å². The Labute approximate surface area is 139 Å². The lowest BCUT2D eigenvalue weighted by Crippen LogP contribution is -2.35. The Balaban J connectivity index is 2.00. The van der Waals surface area contributed by atoms with Gasteiger partial charge in [-0.1, -0.05) is 30.3 Å². The number of hydrogen-bond donors (Lipinski definition) is 1. The fraction of sp³-hybridized carbons (Fsp3) is 0.111. The molecule has 122 valence electrons. The molecular weight excluding hydrogens is 308 g/mol. The molecule has 1 aliphatic heterocycles. The van der Waals surface area contributed by atoms with Crippen molar-refractivity contribution in [3.8, 4) is 11.5 Å². The molecule has 6 nitrogen and oxygen atoms in total. The number of carbonyl (C=O) groups is 2. The average Bonchev–Trinajstić information content (AvgIpc) is 2.90. The molecule has 0 radical (unpaired) electrons. The summed E-state index contributed by atoms with van der Waals surface area (Å²) in [7, 11) is 3.03. The molecule has 1 heterocycles. The Morgan fingerprint density at radius 1 is 0.958 bits per heavy atom. The lowest BCUT2D eigenvalue weighted by Gasteiger charge is -2.14. The number of carbonyl (C=O) groups excluding carboxylic acids is 2. The number of para-hydroxylation sites is 2. The predicted octanol–water partition coefficient (Wildman–Crippen LogP) is 2.17. The number of anilines is 1. The van der Waals surface area contributed by atoms with Gasteiger partial charge in [0, 0.05) is 5.56 Å². The van der Waals surface area contributed by atoms with E-state index >= 15 is 0 Å². The van der Waals surface area contributed by atoms with Crippen molar-refractivity contribution >= 4 is 23.6 Å². The number of nitrogens with zero attached hydrogens (tertiary/aromatic N) is 1. The Morgan fingerprint density at radius 3 is 2.38 bits per heavy atom. The van der Waals surface area contributed by atoms with Gasteiger partial charge in [-0.05, 0) is 24.3 Å². The third-order valence-corrected chi connectivity index (χ3v) is 3.64. The minimum atomic E-state index is -0.464. The number of ether oxygens (including phenoxy) is 2. The number of amides is 2. The van der Waals surface area contributed by atoms with E-state index in [1.807, 2.05) is 6.07 Å². The molecule has 0 aromatic heterocycles. The Morgan fingerprint density at radius 2 is 1.71 bits per heavy atom. The molecule has 2 aromatic carbocycles. The second-order valence-electron chi connectivity index (χ2n) is 5.06. The van der Waals surface area contributed by atoms with Crippen molar-refractivity contribution in [2.45, 2.75) is 0 Å². The first-order valence-corrected chi connectivity index (χ1v) is 7.29. The first kappa shape index (κ1) is 15.6. The highest BCUT2D eigenvalue weighted by Crippen LogP contribution is 2.33. The molecule has 0 bridgehead atoms. The molecule has 6 heteroatoms. The van der Waals surface area contributed by atoms with Gasteiger partial charge in [-0.25, -0.2) is 5.01 Å². The van der Waals surface area contributed by atoms with Crippen LogP contribution in [-0.4, -0.2) is 26.0 Å². The summed E-state index contributed by atoms with van der Waals surface area (Å²) in [5, 5.41) is 1.22. The van der Waals surface area contributed by atoms with Crippen LogP contribution in [-0.2, 0) is 9.59 Å². The first-order valence-electron chi connectivity index (χ1n) is 7.29. The largest absolute Gasteiger partial charge is 0.493 e. The molecule has 1 fully saturated rings. The second kappa shape index (κ2) is 6.45. The summed E-state index contributed by atoms with van der Waals surface area (Å²) in [6.45, 7) is 0. The highest BCUT2D eigenvalue weighted by Gasteiger charge is 2.34. The number of nitrogens with one attached hydrogen (secondary N) is 1. The molecule has 24 heavy (non-hydrogen) atoms. The van der Waals surface area contributed by atoms with Gasteiger partial charge < -0.3 is 9.47 Å². The first-order chi connectivity index (χ1) is 11.7. The maximum atomic E-state index is 12.6. The highest BCUT2D eigenvalue weighted by atomic mass is 16.5. The zero-order valence-corrected chi connectivity index (χ0v) is 13.3. The number of methoxy groups -OCH3 is 2. The third-order valence-electron chi connectivity index (χ3n) is 3.64. The van der Waals surface area contributed by atoms with Crippen LogP contribution in [0.15, 0.2) is 54.1 Å². The van der Waals surface area contributed by atoms with Crippen molar-refractivity contribution in [1.82, 2.24) is 5.43 Å². The Hall–Kier alpha value is -3.28. The monoisotopic (exact) mass is 324 g/mol. The van der Waals surface area contributed by atoms with Gasteiger partial charge in [-0.15, -0.1) is 0 Å².